The SMILES string of the molecule is C[C@@H](Oc1cccc([N+](=O)[O-])c1)C(=O)Nc1cccc2ccccc12. The van der Waals surface area contributed by atoms with Gasteiger partial charge in [-0.05, 0) is 24.4 Å². The summed E-state index contributed by atoms with van der Waals surface area (Å²) >= 11 is 0. The molecule has 3 aromatic carbocycles. The van der Waals surface area contributed by atoms with Crippen molar-refractivity contribution < 1.29 is 14.5 Å². The number of carbonyl (C=O) groups excluding carboxylic acids is 1. The van der Waals surface area contributed by atoms with Crippen LogP contribution in [0.25, 0.3) is 10.8 Å². The van der Waals surface area contributed by atoms with E-state index in [0.717, 1.165) is 10.8 Å². The van der Waals surface area contributed by atoms with Crippen LogP contribution in [0.4, 0.5) is 11.4 Å². The van der Waals surface area contributed by atoms with Crippen molar-refractivity contribution in [1.82, 2.24) is 0 Å². The van der Waals surface area contributed by atoms with E-state index in [4.69, 9.17) is 4.74 Å². The van der Waals surface area contributed by atoms with E-state index in [1.165, 1.54) is 18.2 Å². The number of non-ortho nitro benzene ring substituents is 1. The minimum Gasteiger partial charge on any atom is -0.481 e. The molecule has 0 radical (unpaired) electrons. The fourth-order valence-corrected chi connectivity index (χ4v) is 2.50. The molecule has 0 spiro atoms. The van der Waals surface area contributed by atoms with Gasteiger partial charge in [0.2, 0.25) is 0 Å². The molecule has 0 aliphatic carbocycles. The highest BCUT2D eigenvalue weighted by Crippen LogP contribution is 2.24. The average molecular weight is 336 g/mol. The second kappa shape index (κ2) is 7.00. The molecular weight excluding hydrogens is 320 g/mol. The Kier molecular flexibility index (Phi) is 4.61. The molecule has 0 unspecified atom stereocenters. The lowest BCUT2D eigenvalue weighted by Gasteiger charge is -2.15. The van der Waals surface area contributed by atoms with Gasteiger partial charge in [0.05, 0.1) is 11.0 Å². The number of nitro groups is 1. The number of nitrogens with zero attached hydrogens (tertiary/aromatic N) is 1. The van der Waals surface area contributed by atoms with Gasteiger partial charge in [0.25, 0.3) is 11.6 Å². The van der Waals surface area contributed by atoms with Crippen molar-refractivity contribution in [3.05, 3.63) is 76.8 Å². The molecule has 6 heteroatoms. The minimum absolute atomic E-state index is 0.0841. The van der Waals surface area contributed by atoms with Crippen LogP contribution in [0.2, 0.25) is 0 Å². The third-order valence-electron chi connectivity index (χ3n) is 3.76. The molecule has 3 aromatic rings. The number of hydrogen-bond donors (Lipinski definition) is 1. The summed E-state index contributed by atoms with van der Waals surface area (Å²) in [5.41, 5.74) is 0.608. The number of amides is 1. The van der Waals surface area contributed by atoms with E-state index in [-0.39, 0.29) is 17.3 Å². The van der Waals surface area contributed by atoms with E-state index in [2.05, 4.69) is 5.32 Å². The highest BCUT2D eigenvalue weighted by Gasteiger charge is 2.17. The van der Waals surface area contributed by atoms with Crippen LogP contribution in [0.5, 0.6) is 5.75 Å². The van der Waals surface area contributed by atoms with Crippen LogP contribution >= 0.6 is 0 Å². The number of benzene rings is 3. The fraction of sp³-hybridized carbons (Fsp3) is 0.105. The van der Waals surface area contributed by atoms with Gasteiger partial charge in [0.1, 0.15) is 5.75 Å². The van der Waals surface area contributed by atoms with Crippen LogP contribution in [0.15, 0.2) is 66.7 Å². The zero-order chi connectivity index (χ0) is 17.8. The van der Waals surface area contributed by atoms with Crippen LogP contribution < -0.4 is 10.1 Å². The number of carbonyl (C=O) groups is 1. The molecule has 25 heavy (non-hydrogen) atoms. The van der Waals surface area contributed by atoms with Crippen molar-refractivity contribution in [3.63, 3.8) is 0 Å². The predicted molar refractivity (Wildman–Crippen MR) is 95.8 cm³/mol. The number of fused-ring (bicyclic) bond motifs is 1. The van der Waals surface area contributed by atoms with Gasteiger partial charge in [0.15, 0.2) is 6.10 Å². The Balaban J connectivity index is 1.74. The summed E-state index contributed by atoms with van der Waals surface area (Å²) in [5.74, 6) is -0.0578. The van der Waals surface area contributed by atoms with Crippen molar-refractivity contribution >= 4 is 28.1 Å². The van der Waals surface area contributed by atoms with Gasteiger partial charge in [0, 0.05) is 17.1 Å². The molecule has 0 fully saturated rings. The Morgan fingerprint density at radius 2 is 1.80 bits per heavy atom. The predicted octanol–water partition coefficient (Wildman–Crippen LogP) is 4.15. The number of nitro benzene ring substituents is 1. The van der Waals surface area contributed by atoms with Crippen LogP contribution in [-0.4, -0.2) is 16.9 Å². The smallest absolute Gasteiger partial charge is 0.273 e. The molecule has 1 atom stereocenters. The minimum atomic E-state index is -0.805. The summed E-state index contributed by atoms with van der Waals surface area (Å²) in [7, 11) is 0. The third kappa shape index (κ3) is 3.74. The first-order chi connectivity index (χ1) is 12.0. The van der Waals surface area contributed by atoms with Gasteiger partial charge in [-0.25, -0.2) is 0 Å². The summed E-state index contributed by atoms with van der Waals surface area (Å²) in [6, 6.07) is 19.1. The maximum absolute atomic E-state index is 12.4. The van der Waals surface area contributed by atoms with E-state index in [1.807, 2.05) is 42.5 Å². The molecule has 126 valence electrons. The molecular formula is C19H16N2O4. The summed E-state index contributed by atoms with van der Waals surface area (Å²) < 4.78 is 5.53. The lowest BCUT2D eigenvalue weighted by Crippen LogP contribution is -2.30. The van der Waals surface area contributed by atoms with Gasteiger partial charge in [-0.15, -0.1) is 0 Å². The zero-order valence-corrected chi connectivity index (χ0v) is 13.5. The molecule has 0 saturated carbocycles. The van der Waals surface area contributed by atoms with Gasteiger partial charge < -0.3 is 10.1 Å². The van der Waals surface area contributed by atoms with Crippen LogP contribution in [0.1, 0.15) is 6.92 Å². The summed E-state index contributed by atoms with van der Waals surface area (Å²) in [4.78, 5) is 22.7. The van der Waals surface area contributed by atoms with Gasteiger partial charge in [-0.1, -0.05) is 42.5 Å². The third-order valence-corrected chi connectivity index (χ3v) is 3.76. The summed E-state index contributed by atoms with van der Waals surface area (Å²) in [5, 5.41) is 15.6. The van der Waals surface area contributed by atoms with Gasteiger partial charge in [-0.2, -0.15) is 0 Å². The molecule has 0 aliphatic rings. The first-order valence-electron chi connectivity index (χ1n) is 7.74. The lowest BCUT2D eigenvalue weighted by molar-refractivity contribution is -0.384. The Labute approximate surface area is 144 Å². The molecule has 1 amide bonds. The molecule has 3 rings (SSSR count). The van der Waals surface area contributed by atoms with Crippen LogP contribution in [0, 0.1) is 10.1 Å². The number of ether oxygens (including phenoxy) is 1. The standard InChI is InChI=1S/C19H16N2O4/c1-13(25-16-9-5-8-15(12-16)21(23)24)19(22)20-18-11-4-7-14-6-2-3-10-17(14)18/h2-13H,1H3,(H,20,22)/t13-/m1/s1. The molecule has 0 heterocycles. The van der Waals surface area contributed by atoms with Crippen LogP contribution in [-0.2, 0) is 4.79 Å². The Bertz CT molecular complexity index is 934. The second-order valence-corrected chi connectivity index (χ2v) is 5.53. The quantitative estimate of drug-likeness (QED) is 0.560. The number of anilines is 1. The van der Waals surface area contributed by atoms with Gasteiger partial charge >= 0.3 is 0 Å². The normalized spacial score (nSPS) is 11.7. The maximum atomic E-state index is 12.4. The highest BCUT2D eigenvalue weighted by molar-refractivity contribution is 6.03. The Morgan fingerprint density at radius 1 is 1.08 bits per heavy atom. The highest BCUT2D eigenvalue weighted by atomic mass is 16.6. The second-order valence-electron chi connectivity index (χ2n) is 5.53. The monoisotopic (exact) mass is 336 g/mol. The van der Waals surface area contributed by atoms with E-state index < -0.39 is 11.0 Å². The van der Waals surface area contributed by atoms with Crippen molar-refractivity contribution in [1.29, 1.82) is 0 Å². The first-order valence-corrected chi connectivity index (χ1v) is 7.74. The zero-order valence-electron chi connectivity index (χ0n) is 13.5. The molecule has 6 nitrogen and oxygen atoms in total. The van der Waals surface area contributed by atoms with Crippen molar-refractivity contribution in [2.75, 3.05) is 5.32 Å². The Morgan fingerprint density at radius 3 is 2.60 bits per heavy atom. The molecule has 0 aromatic heterocycles. The van der Waals surface area contributed by atoms with Crippen molar-refractivity contribution in [3.8, 4) is 5.75 Å². The van der Waals surface area contributed by atoms with E-state index >= 15 is 0 Å². The lowest BCUT2D eigenvalue weighted by atomic mass is 10.1. The largest absolute Gasteiger partial charge is 0.481 e. The summed E-state index contributed by atoms with van der Waals surface area (Å²) in [6.45, 7) is 1.60. The molecule has 0 saturated heterocycles. The fourth-order valence-electron chi connectivity index (χ4n) is 2.50. The van der Waals surface area contributed by atoms with E-state index in [0.29, 0.717) is 5.69 Å². The molecule has 0 bridgehead atoms. The molecule has 1 N–H and O–H groups in total. The van der Waals surface area contributed by atoms with E-state index in [1.54, 1.807) is 13.0 Å². The number of hydrogen-bond acceptors (Lipinski definition) is 4. The van der Waals surface area contributed by atoms with Crippen molar-refractivity contribution in [2.24, 2.45) is 0 Å². The van der Waals surface area contributed by atoms with Gasteiger partial charge in [-0.3, -0.25) is 14.9 Å². The summed E-state index contributed by atoms with van der Waals surface area (Å²) in [6.07, 6.45) is -0.805. The first kappa shape index (κ1) is 16.4. The number of rotatable bonds is 5. The maximum Gasteiger partial charge on any atom is 0.273 e. The van der Waals surface area contributed by atoms with Crippen LogP contribution in [0.3, 0.4) is 0 Å². The molecule has 0 aliphatic heterocycles. The topological polar surface area (TPSA) is 81.5 Å². The number of nitrogens with one attached hydrogen (secondary N) is 1. The Hall–Kier alpha value is -3.41. The average Bonchev–Trinajstić information content (AvgIpc) is 2.62. The van der Waals surface area contributed by atoms with E-state index in [9.17, 15) is 14.9 Å². The van der Waals surface area contributed by atoms with Crippen molar-refractivity contribution in [2.45, 2.75) is 13.0 Å².